The molecule has 2 aromatic heterocycles. The van der Waals surface area contributed by atoms with Crippen LogP contribution in [0.1, 0.15) is 35.0 Å². The summed E-state index contributed by atoms with van der Waals surface area (Å²) in [5.74, 6) is 0. The molecule has 0 fully saturated rings. The molecule has 2 heterocycles. The second-order valence-electron chi connectivity index (χ2n) is 4.83. The highest BCUT2D eigenvalue weighted by Gasteiger charge is 2.22. The van der Waals surface area contributed by atoms with E-state index in [0.29, 0.717) is 6.04 Å². The third-order valence-corrected chi connectivity index (χ3v) is 3.48. The molecule has 0 amide bonds. The predicted octanol–water partition coefficient (Wildman–Crippen LogP) is 2.56. The number of aromatic nitrogens is 2. The number of nitrogens with one attached hydrogen (secondary N) is 1. The van der Waals surface area contributed by atoms with Crippen molar-refractivity contribution in [2.45, 2.75) is 32.4 Å². The first kappa shape index (κ1) is 11.4. The van der Waals surface area contributed by atoms with Gasteiger partial charge in [-0.2, -0.15) is 0 Å². The molecule has 1 unspecified atom stereocenters. The van der Waals surface area contributed by atoms with Crippen LogP contribution in [-0.4, -0.2) is 9.97 Å². The second-order valence-corrected chi connectivity index (χ2v) is 4.83. The lowest BCUT2D eigenvalue weighted by Crippen LogP contribution is -2.19. The number of nitrogens with zero attached hydrogens (tertiary/aromatic N) is 2. The highest BCUT2D eigenvalue weighted by molar-refractivity contribution is 5.28. The average molecular weight is 239 g/mol. The molecule has 1 N–H and O–H groups in total. The van der Waals surface area contributed by atoms with E-state index in [0.717, 1.165) is 25.1 Å². The molecule has 3 nitrogen and oxygen atoms in total. The van der Waals surface area contributed by atoms with E-state index in [-0.39, 0.29) is 0 Å². The number of rotatable bonds is 3. The van der Waals surface area contributed by atoms with Gasteiger partial charge in [-0.05, 0) is 43.0 Å². The molecule has 3 heteroatoms. The van der Waals surface area contributed by atoms with E-state index < -0.39 is 0 Å². The van der Waals surface area contributed by atoms with Gasteiger partial charge in [0.15, 0.2) is 0 Å². The minimum absolute atomic E-state index is 0.391. The number of aryl methyl sites for hydroxylation is 2. The van der Waals surface area contributed by atoms with E-state index >= 15 is 0 Å². The van der Waals surface area contributed by atoms with E-state index in [4.69, 9.17) is 0 Å². The van der Waals surface area contributed by atoms with E-state index in [1.165, 1.54) is 16.8 Å². The van der Waals surface area contributed by atoms with E-state index in [1.54, 1.807) is 0 Å². The fourth-order valence-corrected chi connectivity index (χ4v) is 2.46. The lowest BCUT2D eigenvalue weighted by molar-refractivity contribution is 0.520. The van der Waals surface area contributed by atoms with Gasteiger partial charge in [0.05, 0.1) is 11.7 Å². The van der Waals surface area contributed by atoms with Crippen molar-refractivity contribution in [3.05, 3.63) is 59.2 Å². The Labute approximate surface area is 107 Å². The maximum absolute atomic E-state index is 4.49. The molecule has 2 aromatic rings. The van der Waals surface area contributed by atoms with Gasteiger partial charge in [0, 0.05) is 24.6 Å². The number of pyridine rings is 2. The lowest BCUT2D eigenvalue weighted by atomic mass is 10.2. The Morgan fingerprint density at radius 3 is 3.06 bits per heavy atom. The minimum atomic E-state index is 0.391. The summed E-state index contributed by atoms with van der Waals surface area (Å²) in [5.41, 5.74) is 4.89. The highest BCUT2D eigenvalue weighted by atomic mass is 14.9. The molecule has 1 atom stereocenters. The fraction of sp³-hybridized carbons (Fsp3) is 0.333. The van der Waals surface area contributed by atoms with Crippen molar-refractivity contribution in [2.75, 3.05) is 0 Å². The molecule has 0 spiro atoms. The van der Waals surface area contributed by atoms with E-state index in [1.807, 2.05) is 25.4 Å². The quantitative estimate of drug-likeness (QED) is 0.894. The summed E-state index contributed by atoms with van der Waals surface area (Å²) in [6.07, 6.45) is 6.10. The molecule has 0 aliphatic heterocycles. The Balaban J connectivity index is 1.67. The second kappa shape index (κ2) is 4.86. The van der Waals surface area contributed by atoms with Gasteiger partial charge < -0.3 is 5.32 Å². The average Bonchev–Trinajstić information content (AvgIpc) is 2.82. The van der Waals surface area contributed by atoms with Crippen LogP contribution in [0.25, 0.3) is 0 Å². The van der Waals surface area contributed by atoms with Gasteiger partial charge in [-0.25, -0.2) is 0 Å². The largest absolute Gasteiger partial charge is 0.304 e. The van der Waals surface area contributed by atoms with Gasteiger partial charge in [-0.1, -0.05) is 12.1 Å². The fourth-order valence-electron chi connectivity index (χ4n) is 2.46. The molecule has 0 saturated carbocycles. The van der Waals surface area contributed by atoms with Crippen molar-refractivity contribution in [3.8, 4) is 0 Å². The third-order valence-electron chi connectivity index (χ3n) is 3.48. The van der Waals surface area contributed by atoms with Crippen LogP contribution in [0.4, 0.5) is 0 Å². The maximum atomic E-state index is 4.49. The Bertz CT molecular complexity index is 534. The van der Waals surface area contributed by atoms with Crippen LogP contribution in [0.2, 0.25) is 0 Å². The molecule has 92 valence electrons. The molecule has 1 aliphatic rings. The SMILES string of the molecule is Cc1ccc(CNC2CCc3cccnc32)cn1. The van der Waals surface area contributed by atoms with Crippen LogP contribution in [0.15, 0.2) is 36.7 Å². The zero-order valence-electron chi connectivity index (χ0n) is 10.6. The zero-order chi connectivity index (χ0) is 12.4. The summed E-state index contributed by atoms with van der Waals surface area (Å²) in [4.78, 5) is 8.80. The normalized spacial score (nSPS) is 17.7. The number of fused-ring (bicyclic) bond motifs is 1. The molecule has 1 aliphatic carbocycles. The van der Waals surface area contributed by atoms with Gasteiger partial charge in [0.1, 0.15) is 0 Å². The Morgan fingerprint density at radius 1 is 1.28 bits per heavy atom. The summed E-state index contributed by atoms with van der Waals surface area (Å²) in [6, 6.07) is 8.77. The van der Waals surface area contributed by atoms with Crippen LogP contribution in [0.5, 0.6) is 0 Å². The molecule has 18 heavy (non-hydrogen) atoms. The van der Waals surface area contributed by atoms with Crippen molar-refractivity contribution in [3.63, 3.8) is 0 Å². The molecular formula is C15H17N3. The Hall–Kier alpha value is -1.74. The van der Waals surface area contributed by atoms with Gasteiger partial charge in [-0.15, -0.1) is 0 Å². The number of hydrogen-bond acceptors (Lipinski definition) is 3. The molecule has 0 bridgehead atoms. The summed E-state index contributed by atoms with van der Waals surface area (Å²) in [6.45, 7) is 2.86. The first-order chi connectivity index (χ1) is 8.83. The summed E-state index contributed by atoms with van der Waals surface area (Å²) < 4.78 is 0. The molecular weight excluding hydrogens is 222 g/mol. The van der Waals surface area contributed by atoms with Crippen LogP contribution in [-0.2, 0) is 13.0 Å². The standard InChI is InChI=1S/C15H17N3/c1-11-4-5-12(9-17-11)10-18-14-7-6-13-3-2-8-16-15(13)14/h2-5,8-9,14,18H,6-7,10H2,1H3. The monoisotopic (exact) mass is 239 g/mol. The van der Waals surface area contributed by atoms with E-state index in [2.05, 4.69) is 33.5 Å². The van der Waals surface area contributed by atoms with Crippen LogP contribution in [0.3, 0.4) is 0 Å². The van der Waals surface area contributed by atoms with Crippen LogP contribution >= 0.6 is 0 Å². The number of hydrogen-bond donors (Lipinski definition) is 1. The zero-order valence-corrected chi connectivity index (χ0v) is 10.6. The van der Waals surface area contributed by atoms with Gasteiger partial charge in [0.2, 0.25) is 0 Å². The molecule has 0 aromatic carbocycles. The van der Waals surface area contributed by atoms with Crippen LogP contribution < -0.4 is 5.32 Å². The van der Waals surface area contributed by atoms with Crippen LogP contribution in [0, 0.1) is 6.92 Å². The summed E-state index contributed by atoms with van der Waals surface area (Å²) in [5, 5.41) is 3.57. The van der Waals surface area contributed by atoms with Crippen molar-refractivity contribution in [1.82, 2.24) is 15.3 Å². The smallest absolute Gasteiger partial charge is 0.0605 e. The van der Waals surface area contributed by atoms with Gasteiger partial charge in [0.25, 0.3) is 0 Å². The van der Waals surface area contributed by atoms with E-state index in [9.17, 15) is 0 Å². The topological polar surface area (TPSA) is 37.8 Å². The molecule has 3 rings (SSSR count). The molecule has 0 radical (unpaired) electrons. The van der Waals surface area contributed by atoms with Crippen molar-refractivity contribution < 1.29 is 0 Å². The first-order valence-electron chi connectivity index (χ1n) is 6.41. The Kier molecular flexibility index (Phi) is 3.07. The summed E-state index contributed by atoms with van der Waals surface area (Å²) in [7, 11) is 0. The highest BCUT2D eigenvalue weighted by Crippen LogP contribution is 2.28. The molecule has 0 saturated heterocycles. The Morgan fingerprint density at radius 2 is 2.22 bits per heavy atom. The summed E-state index contributed by atoms with van der Waals surface area (Å²) >= 11 is 0. The van der Waals surface area contributed by atoms with Crippen molar-refractivity contribution >= 4 is 0 Å². The van der Waals surface area contributed by atoms with Crippen molar-refractivity contribution in [1.29, 1.82) is 0 Å². The minimum Gasteiger partial charge on any atom is -0.304 e. The predicted molar refractivity (Wildman–Crippen MR) is 71.1 cm³/mol. The maximum Gasteiger partial charge on any atom is 0.0605 e. The van der Waals surface area contributed by atoms with Gasteiger partial charge in [-0.3, -0.25) is 9.97 Å². The van der Waals surface area contributed by atoms with Gasteiger partial charge >= 0.3 is 0 Å². The first-order valence-corrected chi connectivity index (χ1v) is 6.41. The third kappa shape index (κ3) is 2.27. The van der Waals surface area contributed by atoms with Crippen molar-refractivity contribution in [2.24, 2.45) is 0 Å². The lowest BCUT2D eigenvalue weighted by Gasteiger charge is -2.12.